The molecule has 0 unspecified atom stereocenters. The average molecular weight is 210 g/mol. The highest BCUT2D eigenvalue weighted by Crippen LogP contribution is 2.26. The number of nitrogens with zero attached hydrogens (tertiary/aromatic N) is 2. The van der Waals surface area contributed by atoms with Gasteiger partial charge in [-0.3, -0.25) is 0 Å². The van der Waals surface area contributed by atoms with Crippen LogP contribution in [-0.4, -0.2) is 6.61 Å². The van der Waals surface area contributed by atoms with E-state index in [4.69, 9.17) is 15.3 Å². The van der Waals surface area contributed by atoms with E-state index in [1.165, 1.54) is 0 Å². The number of nitriles is 2. The highest BCUT2D eigenvalue weighted by atomic mass is 16.5. The SMILES string of the molecule is N#CC(C#N)=Cc1ccc2c(c1)CCCO2. The molecule has 78 valence electrons. The van der Waals surface area contributed by atoms with Crippen molar-refractivity contribution in [2.45, 2.75) is 12.8 Å². The summed E-state index contributed by atoms with van der Waals surface area (Å²) in [7, 11) is 0. The Balaban J connectivity index is 2.35. The number of hydrogen-bond acceptors (Lipinski definition) is 3. The number of benzene rings is 1. The van der Waals surface area contributed by atoms with E-state index in [1.807, 2.05) is 30.3 Å². The van der Waals surface area contributed by atoms with Gasteiger partial charge in [0.15, 0.2) is 0 Å². The molecule has 2 rings (SSSR count). The summed E-state index contributed by atoms with van der Waals surface area (Å²) in [4.78, 5) is 0. The summed E-state index contributed by atoms with van der Waals surface area (Å²) in [6.07, 6.45) is 3.60. The molecule has 3 heteroatoms. The van der Waals surface area contributed by atoms with Crippen molar-refractivity contribution in [2.24, 2.45) is 0 Å². The Morgan fingerprint density at radius 3 is 2.88 bits per heavy atom. The minimum absolute atomic E-state index is 0.122. The molecular formula is C13H10N2O. The fourth-order valence-corrected chi connectivity index (χ4v) is 1.73. The summed E-state index contributed by atoms with van der Waals surface area (Å²) in [5.41, 5.74) is 2.15. The van der Waals surface area contributed by atoms with Gasteiger partial charge in [0.2, 0.25) is 0 Å². The van der Waals surface area contributed by atoms with Gasteiger partial charge in [-0.1, -0.05) is 6.07 Å². The van der Waals surface area contributed by atoms with E-state index in [-0.39, 0.29) is 5.57 Å². The fourth-order valence-electron chi connectivity index (χ4n) is 1.73. The van der Waals surface area contributed by atoms with Gasteiger partial charge in [-0.15, -0.1) is 0 Å². The molecule has 0 fully saturated rings. The average Bonchev–Trinajstić information content (AvgIpc) is 2.35. The number of aryl methyl sites for hydroxylation is 1. The maximum Gasteiger partial charge on any atom is 0.130 e. The standard InChI is InChI=1S/C13H10N2O/c14-8-11(9-15)6-10-3-4-13-12(7-10)2-1-5-16-13/h3-4,6-7H,1-2,5H2. The Hall–Kier alpha value is -2.26. The minimum Gasteiger partial charge on any atom is -0.493 e. The van der Waals surface area contributed by atoms with Crippen LogP contribution >= 0.6 is 0 Å². The highest BCUT2D eigenvalue weighted by molar-refractivity contribution is 5.63. The molecule has 0 saturated carbocycles. The van der Waals surface area contributed by atoms with Gasteiger partial charge >= 0.3 is 0 Å². The van der Waals surface area contributed by atoms with Crippen LogP contribution in [-0.2, 0) is 6.42 Å². The second-order valence-corrected chi connectivity index (χ2v) is 3.60. The van der Waals surface area contributed by atoms with Crippen molar-refractivity contribution in [1.82, 2.24) is 0 Å². The van der Waals surface area contributed by atoms with E-state index in [2.05, 4.69) is 0 Å². The smallest absolute Gasteiger partial charge is 0.130 e. The predicted octanol–water partition coefficient (Wildman–Crippen LogP) is 2.44. The Kier molecular flexibility index (Phi) is 2.89. The summed E-state index contributed by atoms with van der Waals surface area (Å²) in [5, 5.41) is 17.3. The number of fused-ring (bicyclic) bond motifs is 1. The molecule has 0 aliphatic carbocycles. The molecule has 0 spiro atoms. The third kappa shape index (κ3) is 2.04. The van der Waals surface area contributed by atoms with E-state index < -0.39 is 0 Å². The largest absolute Gasteiger partial charge is 0.493 e. The molecular weight excluding hydrogens is 200 g/mol. The third-order valence-corrected chi connectivity index (χ3v) is 2.48. The zero-order valence-electron chi connectivity index (χ0n) is 8.73. The van der Waals surface area contributed by atoms with Gasteiger partial charge in [0.25, 0.3) is 0 Å². The molecule has 1 aliphatic heterocycles. The molecule has 0 bridgehead atoms. The number of ether oxygens (including phenoxy) is 1. The first-order valence-electron chi connectivity index (χ1n) is 5.11. The monoisotopic (exact) mass is 210 g/mol. The number of allylic oxidation sites excluding steroid dienone is 1. The van der Waals surface area contributed by atoms with Crippen molar-refractivity contribution >= 4 is 6.08 Å². The van der Waals surface area contributed by atoms with Gasteiger partial charge in [0, 0.05) is 0 Å². The maximum atomic E-state index is 8.66. The fraction of sp³-hybridized carbons (Fsp3) is 0.231. The molecule has 1 aromatic carbocycles. The van der Waals surface area contributed by atoms with Crippen LogP contribution in [0.2, 0.25) is 0 Å². The zero-order valence-corrected chi connectivity index (χ0v) is 8.73. The summed E-state index contributed by atoms with van der Waals surface area (Å²) in [6, 6.07) is 9.43. The van der Waals surface area contributed by atoms with E-state index in [9.17, 15) is 0 Å². The Morgan fingerprint density at radius 1 is 1.31 bits per heavy atom. The van der Waals surface area contributed by atoms with Crippen LogP contribution in [0.1, 0.15) is 17.5 Å². The lowest BCUT2D eigenvalue weighted by Gasteiger charge is -2.17. The second kappa shape index (κ2) is 4.51. The van der Waals surface area contributed by atoms with E-state index >= 15 is 0 Å². The van der Waals surface area contributed by atoms with Gasteiger partial charge in [-0.2, -0.15) is 10.5 Å². The maximum absolute atomic E-state index is 8.66. The lowest BCUT2D eigenvalue weighted by atomic mass is 10.0. The third-order valence-electron chi connectivity index (χ3n) is 2.48. The lowest BCUT2D eigenvalue weighted by Crippen LogP contribution is -2.08. The molecule has 0 aromatic heterocycles. The quantitative estimate of drug-likeness (QED) is 0.669. The molecule has 3 nitrogen and oxygen atoms in total. The van der Waals surface area contributed by atoms with Crippen LogP contribution in [0.5, 0.6) is 5.75 Å². The molecule has 1 heterocycles. The van der Waals surface area contributed by atoms with Crippen molar-refractivity contribution in [3.8, 4) is 17.9 Å². The topological polar surface area (TPSA) is 56.8 Å². The molecule has 0 saturated heterocycles. The van der Waals surface area contributed by atoms with Crippen molar-refractivity contribution in [2.75, 3.05) is 6.61 Å². The van der Waals surface area contributed by atoms with Crippen molar-refractivity contribution in [3.63, 3.8) is 0 Å². The van der Waals surface area contributed by atoms with Gasteiger partial charge < -0.3 is 4.74 Å². The van der Waals surface area contributed by atoms with E-state index in [0.29, 0.717) is 0 Å². The number of rotatable bonds is 1. The summed E-state index contributed by atoms with van der Waals surface area (Å²) >= 11 is 0. The summed E-state index contributed by atoms with van der Waals surface area (Å²) in [5.74, 6) is 0.916. The molecule has 0 N–H and O–H groups in total. The molecule has 1 aromatic rings. The Labute approximate surface area is 94.2 Å². The Morgan fingerprint density at radius 2 is 2.12 bits per heavy atom. The predicted molar refractivity (Wildman–Crippen MR) is 59.5 cm³/mol. The zero-order chi connectivity index (χ0) is 11.4. The lowest BCUT2D eigenvalue weighted by molar-refractivity contribution is 0.288. The second-order valence-electron chi connectivity index (χ2n) is 3.60. The van der Waals surface area contributed by atoms with Crippen LogP contribution in [0.3, 0.4) is 0 Å². The van der Waals surface area contributed by atoms with Gasteiger partial charge in [-0.25, -0.2) is 0 Å². The Bertz CT molecular complexity index is 502. The van der Waals surface area contributed by atoms with Gasteiger partial charge in [0.1, 0.15) is 23.5 Å². The molecule has 1 aliphatic rings. The first kappa shape index (κ1) is 10.3. The summed E-state index contributed by atoms with van der Waals surface area (Å²) in [6.45, 7) is 0.768. The van der Waals surface area contributed by atoms with Gasteiger partial charge in [-0.05, 0) is 42.2 Å². The van der Waals surface area contributed by atoms with E-state index in [0.717, 1.165) is 36.3 Å². The van der Waals surface area contributed by atoms with Gasteiger partial charge in [0.05, 0.1) is 6.61 Å². The molecule has 0 radical (unpaired) electrons. The normalized spacial score (nSPS) is 12.6. The van der Waals surface area contributed by atoms with Crippen LogP contribution in [0.25, 0.3) is 6.08 Å². The van der Waals surface area contributed by atoms with Crippen molar-refractivity contribution < 1.29 is 4.74 Å². The number of hydrogen-bond donors (Lipinski definition) is 0. The van der Waals surface area contributed by atoms with E-state index in [1.54, 1.807) is 6.08 Å². The molecule has 0 amide bonds. The highest BCUT2D eigenvalue weighted by Gasteiger charge is 2.09. The van der Waals surface area contributed by atoms with Crippen LogP contribution in [0.15, 0.2) is 23.8 Å². The van der Waals surface area contributed by atoms with Crippen molar-refractivity contribution in [3.05, 3.63) is 34.9 Å². The first-order valence-corrected chi connectivity index (χ1v) is 5.11. The molecule has 0 atom stereocenters. The van der Waals surface area contributed by atoms with Crippen LogP contribution in [0.4, 0.5) is 0 Å². The van der Waals surface area contributed by atoms with Crippen molar-refractivity contribution in [1.29, 1.82) is 10.5 Å². The minimum atomic E-state index is 0.122. The van der Waals surface area contributed by atoms with Crippen LogP contribution in [0, 0.1) is 22.7 Å². The first-order chi connectivity index (χ1) is 7.83. The van der Waals surface area contributed by atoms with Crippen LogP contribution < -0.4 is 4.74 Å². The molecule has 16 heavy (non-hydrogen) atoms. The summed E-state index contributed by atoms with van der Waals surface area (Å²) < 4.78 is 5.49.